The average Bonchev–Trinajstić information content (AvgIpc) is 3.33. The molecule has 5 aromatic rings. The number of hydrogen-bond acceptors (Lipinski definition) is 8. The van der Waals surface area contributed by atoms with Gasteiger partial charge in [0.05, 0.1) is 11.1 Å². The molecule has 0 aliphatic heterocycles. The third-order valence-electron chi connectivity index (χ3n) is 4.02. The Bertz CT molecular complexity index is 1250. The maximum atomic E-state index is 5.95. The highest BCUT2D eigenvalue weighted by Crippen LogP contribution is 2.27. The molecule has 0 radical (unpaired) electrons. The summed E-state index contributed by atoms with van der Waals surface area (Å²) in [6, 6.07) is 11.1. The first-order chi connectivity index (χ1) is 13.3. The van der Waals surface area contributed by atoms with Crippen molar-refractivity contribution in [2.75, 3.05) is 0 Å². The smallest absolute Gasteiger partial charge is 0.241 e. The van der Waals surface area contributed by atoms with Gasteiger partial charge in [0, 0.05) is 18.5 Å². The molecule has 132 valence electrons. The van der Waals surface area contributed by atoms with Gasteiger partial charge < -0.3 is 9.26 Å². The second kappa shape index (κ2) is 6.13. The molecule has 5 heterocycles. The fourth-order valence-corrected chi connectivity index (χ4v) is 2.79. The summed E-state index contributed by atoms with van der Waals surface area (Å²) in [5.41, 5.74) is 2.50. The van der Waals surface area contributed by atoms with Crippen LogP contribution in [0.15, 0.2) is 53.3 Å². The van der Waals surface area contributed by atoms with Crippen LogP contribution < -0.4 is 4.74 Å². The van der Waals surface area contributed by atoms with Crippen molar-refractivity contribution in [1.29, 1.82) is 0 Å². The molecule has 0 aliphatic carbocycles. The zero-order valence-corrected chi connectivity index (χ0v) is 14.3. The highest BCUT2D eigenvalue weighted by atomic mass is 16.5. The Hall–Kier alpha value is -3.88. The molecule has 27 heavy (non-hydrogen) atoms. The molecule has 5 aromatic heterocycles. The van der Waals surface area contributed by atoms with E-state index in [4.69, 9.17) is 9.26 Å². The largest absolute Gasteiger partial charge is 0.470 e. The van der Waals surface area contributed by atoms with E-state index in [2.05, 4.69) is 30.4 Å². The van der Waals surface area contributed by atoms with Gasteiger partial charge in [0.1, 0.15) is 17.9 Å². The van der Waals surface area contributed by atoms with Crippen molar-refractivity contribution in [3.05, 3.63) is 60.2 Å². The van der Waals surface area contributed by atoms with Crippen molar-refractivity contribution < 1.29 is 9.26 Å². The van der Waals surface area contributed by atoms with Gasteiger partial charge in [-0.1, -0.05) is 11.2 Å². The van der Waals surface area contributed by atoms with Crippen molar-refractivity contribution >= 4 is 16.6 Å². The number of rotatable bonds is 4. The first-order valence-corrected chi connectivity index (χ1v) is 8.26. The van der Waals surface area contributed by atoms with Gasteiger partial charge >= 0.3 is 0 Å². The molecule has 0 fully saturated rings. The normalized spacial score (nSPS) is 11.3. The van der Waals surface area contributed by atoms with Gasteiger partial charge in [-0.15, -0.1) is 15.3 Å². The molecule has 9 nitrogen and oxygen atoms in total. The van der Waals surface area contributed by atoms with Crippen molar-refractivity contribution in [1.82, 2.24) is 34.9 Å². The van der Waals surface area contributed by atoms with Gasteiger partial charge in [0.15, 0.2) is 5.69 Å². The molecule has 0 spiro atoms. The molecule has 9 heteroatoms. The molecular formula is C18H13N7O2. The van der Waals surface area contributed by atoms with Gasteiger partial charge in [-0.05, 0) is 31.2 Å². The van der Waals surface area contributed by atoms with Crippen molar-refractivity contribution in [3.8, 4) is 17.4 Å². The van der Waals surface area contributed by atoms with Crippen molar-refractivity contribution in [2.45, 2.75) is 13.5 Å². The van der Waals surface area contributed by atoms with E-state index in [1.165, 1.54) is 0 Å². The van der Waals surface area contributed by atoms with E-state index in [0.717, 1.165) is 11.1 Å². The molecule has 0 saturated heterocycles. The lowest BCUT2D eigenvalue weighted by atomic mass is 10.3. The third-order valence-corrected chi connectivity index (χ3v) is 4.02. The lowest BCUT2D eigenvalue weighted by Gasteiger charge is -2.08. The first-order valence-electron chi connectivity index (χ1n) is 8.26. The van der Waals surface area contributed by atoms with Crippen molar-refractivity contribution in [2.24, 2.45) is 0 Å². The second-order valence-corrected chi connectivity index (χ2v) is 5.90. The predicted molar refractivity (Wildman–Crippen MR) is 94.9 cm³/mol. The molecule has 0 N–H and O–H groups in total. The second-order valence-electron chi connectivity index (χ2n) is 5.90. The SMILES string of the molecule is Cc1cc(-c2nnc3c4ncccc4c(OCc4ccccn4)nn23)no1. The molecule has 0 saturated carbocycles. The van der Waals surface area contributed by atoms with E-state index >= 15 is 0 Å². The summed E-state index contributed by atoms with van der Waals surface area (Å²) in [5, 5.41) is 17.8. The van der Waals surface area contributed by atoms with Gasteiger partial charge in [-0.25, -0.2) is 0 Å². The molecule has 0 unspecified atom stereocenters. The van der Waals surface area contributed by atoms with Crippen LogP contribution in [0.4, 0.5) is 0 Å². The maximum Gasteiger partial charge on any atom is 0.241 e. The van der Waals surface area contributed by atoms with E-state index in [1.54, 1.807) is 23.0 Å². The van der Waals surface area contributed by atoms with Crippen LogP contribution in [0.25, 0.3) is 28.1 Å². The van der Waals surface area contributed by atoms with Crippen LogP contribution in [-0.2, 0) is 6.61 Å². The minimum Gasteiger partial charge on any atom is -0.470 e. The summed E-state index contributed by atoms with van der Waals surface area (Å²) in [6.45, 7) is 2.09. The first kappa shape index (κ1) is 15.4. The van der Waals surface area contributed by atoms with Crippen LogP contribution in [0.5, 0.6) is 5.88 Å². The molecular weight excluding hydrogens is 346 g/mol. The standard InChI is InChI=1S/C18H13N7O2/c1-11-9-14(24-27-11)16-21-22-17-15-13(6-4-8-20-15)18(23-25(16)17)26-10-12-5-2-3-7-19-12/h2-9H,10H2,1H3. The summed E-state index contributed by atoms with van der Waals surface area (Å²) in [5.74, 6) is 1.54. The zero-order valence-electron chi connectivity index (χ0n) is 14.3. The zero-order chi connectivity index (χ0) is 18.2. The summed E-state index contributed by atoms with van der Waals surface area (Å²) in [4.78, 5) is 8.71. The number of pyridine rings is 2. The number of aryl methyl sites for hydroxylation is 1. The number of fused-ring (bicyclic) bond motifs is 3. The topological polar surface area (TPSA) is 104 Å². The fourth-order valence-electron chi connectivity index (χ4n) is 2.79. The van der Waals surface area contributed by atoms with Gasteiger partial charge in [0.25, 0.3) is 0 Å². The van der Waals surface area contributed by atoms with Crippen LogP contribution in [0, 0.1) is 6.92 Å². The van der Waals surface area contributed by atoms with Crippen LogP contribution >= 0.6 is 0 Å². The lowest BCUT2D eigenvalue weighted by Crippen LogP contribution is -2.04. The summed E-state index contributed by atoms with van der Waals surface area (Å²) in [7, 11) is 0. The molecule has 0 bridgehead atoms. The highest BCUT2D eigenvalue weighted by Gasteiger charge is 2.19. The van der Waals surface area contributed by atoms with Crippen LogP contribution in [-0.4, -0.2) is 34.9 Å². The molecule has 0 aliphatic rings. The monoisotopic (exact) mass is 359 g/mol. The van der Waals surface area contributed by atoms with Crippen LogP contribution in [0.1, 0.15) is 11.5 Å². The third kappa shape index (κ3) is 2.65. The maximum absolute atomic E-state index is 5.95. The van der Waals surface area contributed by atoms with E-state index in [0.29, 0.717) is 34.3 Å². The minimum atomic E-state index is 0.282. The number of aromatic nitrogens is 7. The van der Waals surface area contributed by atoms with Gasteiger partial charge in [-0.3, -0.25) is 9.97 Å². The quantitative estimate of drug-likeness (QED) is 0.482. The Balaban J connectivity index is 1.66. The molecule has 5 rings (SSSR count). The fraction of sp³-hybridized carbons (Fsp3) is 0.111. The number of nitrogens with zero attached hydrogens (tertiary/aromatic N) is 7. The molecule has 0 amide bonds. The Labute approximate surface area is 152 Å². The van der Waals surface area contributed by atoms with Crippen molar-refractivity contribution in [3.63, 3.8) is 0 Å². The Morgan fingerprint density at radius 1 is 1.07 bits per heavy atom. The summed E-state index contributed by atoms with van der Waals surface area (Å²) in [6.07, 6.45) is 3.42. The Kier molecular flexibility index (Phi) is 3.49. The number of hydrogen-bond donors (Lipinski definition) is 0. The highest BCUT2D eigenvalue weighted by molar-refractivity contribution is 5.93. The minimum absolute atomic E-state index is 0.282. The van der Waals surface area contributed by atoms with Gasteiger partial charge in [-0.2, -0.15) is 4.52 Å². The van der Waals surface area contributed by atoms with Crippen LogP contribution in [0.3, 0.4) is 0 Å². The lowest BCUT2D eigenvalue weighted by molar-refractivity contribution is 0.289. The van der Waals surface area contributed by atoms with E-state index < -0.39 is 0 Å². The van der Waals surface area contributed by atoms with E-state index in [-0.39, 0.29) is 6.61 Å². The molecule has 0 atom stereocenters. The van der Waals surface area contributed by atoms with E-state index in [9.17, 15) is 0 Å². The molecule has 0 aromatic carbocycles. The van der Waals surface area contributed by atoms with E-state index in [1.807, 2.05) is 37.3 Å². The summed E-state index contributed by atoms with van der Waals surface area (Å²) < 4.78 is 12.7. The Morgan fingerprint density at radius 3 is 2.81 bits per heavy atom. The Morgan fingerprint density at radius 2 is 2.00 bits per heavy atom. The van der Waals surface area contributed by atoms with Gasteiger partial charge in [0.2, 0.25) is 17.4 Å². The predicted octanol–water partition coefficient (Wildman–Crippen LogP) is 2.61. The van der Waals surface area contributed by atoms with Crippen LogP contribution in [0.2, 0.25) is 0 Å². The number of ether oxygens (including phenoxy) is 1. The summed E-state index contributed by atoms with van der Waals surface area (Å²) >= 11 is 0. The average molecular weight is 359 g/mol.